The minimum Gasteiger partial charge on any atom is -0.494 e. The molecular formula is C24H21N5O3. The monoisotopic (exact) mass is 427 g/mol. The molecule has 8 nitrogen and oxygen atoms in total. The third kappa shape index (κ3) is 3.51. The first-order valence-corrected chi connectivity index (χ1v) is 10.1. The van der Waals surface area contributed by atoms with E-state index in [1.54, 1.807) is 12.4 Å². The van der Waals surface area contributed by atoms with Crippen LogP contribution in [0.25, 0.3) is 22.6 Å². The quantitative estimate of drug-likeness (QED) is 0.366. The maximum atomic E-state index is 10.3. The number of rotatable bonds is 5. The van der Waals surface area contributed by atoms with Gasteiger partial charge in [0.15, 0.2) is 17.6 Å². The van der Waals surface area contributed by atoms with Gasteiger partial charge in [0.2, 0.25) is 0 Å². The van der Waals surface area contributed by atoms with Gasteiger partial charge in [0.25, 0.3) is 0 Å². The molecule has 8 heteroatoms. The Morgan fingerprint density at radius 1 is 1.00 bits per heavy atom. The second kappa shape index (κ2) is 7.73. The highest BCUT2D eigenvalue weighted by atomic mass is 16.5. The maximum Gasteiger partial charge on any atom is 0.194 e. The summed E-state index contributed by atoms with van der Waals surface area (Å²) < 4.78 is 7.61. The molecule has 0 amide bonds. The zero-order valence-electron chi connectivity index (χ0n) is 17.5. The smallest absolute Gasteiger partial charge is 0.194 e. The van der Waals surface area contributed by atoms with Crippen LogP contribution < -0.4 is 4.74 Å². The van der Waals surface area contributed by atoms with Gasteiger partial charge in [-0.1, -0.05) is 6.07 Å². The summed E-state index contributed by atoms with van der Waals surface area (Å²) in [4.78, 5) is 16.6. The van der Waals surface area contributed by atoms with Gasteiger partial charge in [-0.05, 0) is 44.2 Å². The van der Waals surface area contributed by atoms with Crippen LogP contribution in [0.5, 0.6) is 23.3 Å². The van der Waals surface area contributed by atoms with E-state index in [4.69, 9.17) is 4.74 Å². The molecule has 0 fully saturated rings. The molecule has 0 spiro atoms. The van der Waals surface area contributed by atoms with Crippen molar-refractivity contribution < 1.29 is 14.9 Å². The molecule has 0 saturated carbocycles. The average molecular weight is 427 g/mol. The molecule has 5 aromatic rings. The topological polar surface area (TPSA) is 109 Å². The number of H-pyrrole nitrogens is 1. The van der Waals surface area contributed by atoms with Crippen molar-refractivity contribution in [1.82, 2.24) is 24.5 Å². The number of hydrogen-bond donors (Lipinski definition) is 3. The standard InChI is InChI=1S/C24H21N5O3/c1-14-6-7-16(13-26-14)32-21-12-20-19(27-24(28-20)18-5-3-4-10-25-18)11-17(21)15(2)29-22(30)8-9-23(29)31/h3-13,15,30-31H,1-2H3,(H,27,28). The summed E-state index contributed by atoms with van der Waals surface area (Å²) in [5.74, 6) is 1.67. The molecule has 4 aromatic heterocycles. The number of hydrogen-bond acceptors (Lipinski definition) is 6. The van der Waals surface area contributed by atoms with Crippen LogP contribution in [0.1, 0.15) is 24.2 Å². The van der Waals surface area contributed by atoms with Crippen molar-refractivity contribution in [2.45, 2.75) is 19.9 Å². The highest BCUT2D eigenvalue weighted by molar-refractivity contribution is 5.82. The summed E-state index contributed by atoms with van der Waals surface area (Å²) in [6.45, 7) is 3.78. The van der Waals surface area contributed by atoms with Gasteiger partial charge in [0, 0.05) is 35.7 Å². The molecule has 160 valence electrons. The van der Waals surface area contributed by atoms with Crippen LogP contribution in [0.4, 0.5) is 0 Å². The van der Waals surface area contributed by atoms with E-state index < -0.39 is 6.04 Å². The lowest BCUT2D eigenvalue weighted by Crippen LogP contribution is -2.07. The molecule has 3 N–H and O–H groups in total. The van der Waals surface area contributed by atoms with E-state index in [9.17, 15) is 10.2 Å². The number of nitrogens with zero attached hydrogens (tertiary/aromatic N) is 4. The highest BCUT2D eigenvalue weighted by Gasteiger charge is 2.21. The Morgan fingerprint density at radius 2 is 1.81 bits per heavy atom. The third-order valence-corrected chi connectivity index (χ3v) is 5.35. The predicted octanol–water partition coefficient (Wildman–Crippen LogP) is 4.94. The normalized spacial score (nSPS) is 12.2. The van der Waals surface area contributed by atoms with Crippen LogP contribution in [0.3, 0.4) is 0 Å². The number of pyridine rings is 2. The fourth-order valence-electron chi connectivity index (χ4n) is 3.70. The first-order chi connectivity index (χ1) is 15.5. The van der Waals surface area contributed by atoms with Gasteiger partial charge >= 0.3 is 0 Å². The number of benzene rings is 1. The molecule has 1 unspecified atom stereocenters. The van der Waals surface area contributed by atoms with Crippen molar-refractivity contribution in [2.24, 2.45) is 0 Å². The Hall–Kier alpha value is -4.33. The molecule has 0 aliphatic rings. The lowest BCUT2D eigenvalue weighted by molar-refractivity contribution is 0.354. The van der Waals surface area contributed by atoms with Crippen LogP contribution in [0, 0.1) is 6.92 Å². The molecule has 0 aliphatic carbocycles. The van der Waals surface area contributed by atoms with Crippen molar-refractivity contribution in [1.29, 1.82) is 0 Å². The number of aromatic hydroxyl groups is 2. The van der Waals surface area contributed by atoms with Crippen LogP contribution in [-0.4, -0.2) is 34.7 Å². The van der Waals surface area contributed by atoms with Crippen LogP contribution in [0.2, 0.25) is 0 Å². The minimum absolute atomic E-state index is 0.0446. The SMILES string of the molecule is Cc1ccc(Oc2cc3nc(-c4ccccn4)[nH]c3cc2C(C)n2c(O)ccc2O)cn1. The lowest BCUT2D eigenvalue weighted by Gasteiger charge is -2.20. The second-order valence-corrected chi connectivity index (χ2v) is 7.54. The summed E-state index contributed by atoms with van der Waals surface area (Å²) in [5.41, 5.74) is 3.85. The molecule has 5 rings (SSSR count). The molecule has 0 bridgehead atoms. The molecule has 1 atom stereocenters. The van der Waals surface area contributed by atoms with Crippen molar-refractivity contribution >= 4 is 11.0 Å². The first kappa shape index (κ1) is 19.6. The van der Waals surface area contributed by atoms with E-state index >= 15 is 0 Å². The summed E-state index contributed by atoms with van der Waals surface area (Å²) in [6, 6.07) is 15.6. The molecule has 1 aromatic carbocycles. The Balaban J connectivity index is 1.65. The molecule has 32 heavy (non-hydrogen) atoms. The zero-order valence-corrected chi connectivity index (χ0v) is 17.5. The molecular weight excluding hydrogens is 406 g/mol. The van der Waals surface area contributed by atoms with Crippen LogP contribution >= 0.6 is 0 Å². The number of aromatic nitrogens is 5. The Labute approximate surface area is 183 Å². The maximum absolute atomic E-state index is 10.3. The van der Waals surface area contributed by atoms with Gasteiger partial charge in [-0.25, -0.2) is 4.98 Å². The molecule has 0 saturated heterocycles. The predicted molar refractivity (Wildman–Crippen MR) is 120 cm³/mol. The van der Waals surface area contributed by atoms with Crippen LogP contribution in [0.15, 0.2) is 67.0 Å². The van der Waals surface area contributed by atoms with E-state index in [1.165, 1.54) is 16.7 Å². The second-order valence-electron chi connectivity index (χ2n) is 7.54. The van der Waals surface area contributed by atoms with E-state index in [2.05, 4.69) is 19.9 Å². The van der Waals surface area contributed by atoms with Gasteiger partial charge in [0.05, 0.1) is 23.3 Å². The minimum atomic E-state index is -0.426. The van der Waals surface area contributed by atoms with E-state index in [0.717, 1.165) is 22.5 Å². The Kier molecular flexibility index (Phi) is 4.74. The van der Waals surface area contributed by atoms with Crippen molar-refractivity contribution in [2.75, 3.05) is 0 Å². The van der Waals surface area contributed by atoms with E-state index in [0.29, 0.717) is 22.8 Å². The number of aryl methyl sites for hydroxylation is 1. The fourth-order valence-corrected chi connectivity index (χ4v) is 3.70. The third-order valence-electron chi connectivity index (χ3n) is 5.35. The van der Waals surface area contributed by atoms with Gasteiger partial charge in [-0.15, -0.1) is 0 Å². The van der Waals surface area contributed by atoms with Crippen molar-refractivity contribution in [3.8, 4) is 34.8 Å². The summed E-state index contributed by atoms with van der Waals surface area (Å²) >= 11 is 0. The fraction of sp³-hybridized carbons (Fsp3) is 0.125. The summed E-state index contributed by atoms with van der Waals surface area (Å²) in [6.07, 6.45) is 3.37. The van der Waals surface area contributed by atoms with E-state index in [1.807, 2.05) is 56.3 Å². The van der Waals surface area contributed by atoms with Crippen LogP contribution in [-0.2, 0) is 0 Å². The highest BCUT2D eigenvalue weighted by Crippen LogP contribution is 2.38. The Morgan fingerprint density at radius 3 is 2.50 bits per heavy atom. The number of ether oxygens (including phenoxy) is 1. The number of fused-ring (bicyclic) bond motifs is 1. The first-order valence-electron chi connectivity index (χ1n) is 10.1. The summed E-state index contributed by atoms with van der Waals surface area (Å²) in [5, 5.41) is 20.5. The van der Waals surface area contributed by atoms with Gasteiger partial charge in [-0.2, -0.15) is 0 Å². The van der Waals surface area contributed by atoms with E-state index in [-0.39, 0.29) is 11.8 Å². The average Bonchev–Trinajstić information content (AvgIpc) is 3.37. The number of aromatic amines is 1. The van der Waals surface area contributed by atoms with Gasteiger partial charge < -0.3 is 19.9 Å². The van der Waals surface area contributed by atoms with Crippen molar-refractivity contribution in [3.05, 3.63) is 78.2 Å². The van der Waals surface area contributed by atoms with Crippen molar-refractivity contribution in [3.63, 3.8) is 0 Å². The molecule has 0 radical (unpaired) electrons. The molecule has 0 aliphatic heterocycles. The summed E-state index contributed by atoms with van der Waals surface area (Å²) in [7, 11) is 0. The lowest BCUT2D eigenvalue weighted by atomic mass is 10.1. The van der Waals surface area contributed by atoms with Gasteiger partial charge in [0.1, 0.15) is 17.2 Å². The largest absolute Gasteiger partial charge is 0.494 e. The Bertz CT molecular complexity index is 1370. The number of nitrogens with one attached hydrogen (secondary N) is 1. The molecule has 4 heterocycles. The zero-order chi connectivity index (χ0) is 22.2. The van der Waals surface area contributed by atoms with Gasteiger partial charge in [-0.3, -0.25) is 14.5 Å². The number of imidazole rings is 1.